The van der Waals surface area contributed by atoms with Crippen molar-refractivity contribution < 1.29 is 0 Å². The zero-order valence-electron chi connectivity index (χ0n) is 10.5. The molecule has 90 valence electrons. The first-order valence-electron chi connectivity index (χ1n) is 6.59. The van der Waals surface area contributed by atoms with Crippen LogP contribution < -0.4 is 0 Å². The van der Waals surface area contributed by atoms with Crippen molar-refractivity contribution in [1.29, 1.82) is 0 Å². The largest absolute Gasteiger partial charge is 0.346 e. The van der Waals surface area contributed by atoms with Gasteiger partial charge in [-0.15, -0.1) is 0 Å². The van der Waals surface area contributed by atoms with Gasteiger partial charge in [0.2, 0.25) is 0 Å². The topological polar surface area (TPSA) is 8.17 Å². The molecule has 3 rings (SSSR count). The molecule has 0 saturated carbocycles. The Morgan fingerprint density at radius 2 is 2.06 bits per heavy atom. The normalized spacial score (nSPS) is 22.1. The molecule has 0 amide bonds. The Morgan fingerprint density at radius 3 is 2.94 bits per heavy atom. The summed E-state index contributed by atoms with van der Waals surface area (Å²) in [5.74, 6) is 0. The smallest absolute Gasteiger partial charge is 0.0480 e. The monoisotopic (exact) mass is 228 g/mol. The van der Waals surface area contributed by atoms with Gasteiger partial charge in [-0.1, -0.05) is 24.6 Å². The van der Waals surface area contributed by atoms with E-state index in [1.165, 1.54) is 36.7 Å². The van der Waals surface area contributed by atoms with Crippen molar-refractivity contribution >= 4 is 10.9 Å². The number of para-hydroxylation sites is 1. The SMILES string of the molecule is CN1CCCCC1Cn1ccc2ccccc21. The average molecular weight is 228 g/mol. The number of nitrogens with zero attached hydrogens (tertiary/aromatic N) is 2. The number of rotatable bonds is 2. The van der Waals surface area contributed by atoms with Crippen LogP contribution in [0.4, 0.5) is 0 Å². The van der Waals surface area contributed by atoms with E-state index in [0.29, 0.717) is 6.04 Å². The quantitative estimate of drug-likeness (QED) is 0.766. The van der Waals surface area contributed by atoms with Gasteiger partial charge in [0.1, 0.15) is 0 Å². The van der Waals surface area contributed by atoms with Gasteiger partial charge in [0.05, 0.1) is 0 Å². The van der Waals surface area contributed by atoms with Crippen molar-refractivity contribution in [2.45, 2.75) is 31.8 Å². The fourth-order valence-corrected chi connectivity index (χ4v) is 2.90. The first-order chi connectivity index (χ1) is 8.34. The molecule has 1 aliphatic rings. The molecule has 1 aliphatic heterocycles. The zero-order chi connectivity index (χ0) is 11.7. The third-order valence-corrected chi connectivity index (χ3v) is 4.01. The molecule has 1 aromatic carbocycles. The van der Waals surface area contributed by atoms with Gasteiger partial charge in [0.25, 0.3) is 0 Å². The van der Waals surface area contributed by atoms with Crippen molar-refractivity contribution in [3.8, 4) is 0 Å². The van der Waals surface area contributed by atoms with Crippen molar-refractivity contribution in [2.75, 3.05) is 13.6 Å². The number of fused-ring (bicyclic) bond motifs is 1. The number of likely N-dealkylation sites (tertiary alicyclic amines) is 1. The molecule has 1 fully saturated rings. The minimum atomic E-state index is 0.708. The zero-order valence-corrected chi connectivity index (χ0v) is 10.5. The Bertz CT molecular complexity index is 500. The average Bonchev–Trinajstić information content (AvgIpc) is 2.76. The van der Waals surface area contributed by atoms with E-state index in [2.05, 4.69) is 53.0 Å². The molecule has 1 unspecified atom stereocenters. The lowest BCUT2D eigenvalue weighted by Gasteiger charge is -2.32. The molecule has 2 heteroatoms. The van der Waals surface area contributed by atoms with E-state index >= 15 is 0 Å². The highest BCUT2D eigenvalue weighted by atomic mass is 15.2. The van der Waals surface area contributed by atoms with E-state index in [9.17, 15) is 0 Å². The lowest BCUT2D eigenvalue weighted by atomic mass is 10.0. The predicted molar refractivity (Wildman–Crippen MR) is 72.2 cm³/mol. The summed E-state index contributed by atoms with van der Waals surface area (Å²) in [5, 5.41) is 1.35. The summed E-state index contributed by atoms with van der Waals surface area (Å²) in [4.78, 5) is 2.51. The van der Waals surface area contributed by atoms with Gasteiger partial charge in [-0.05, 0) is 44.0 Å². The third kappa shape index (κ3) is 2.09. The van der Waals surface area contributed by atoms with Crippen LogP contribution in [0.15, 0.2) is 36.5 Å². The Labute approximate surface area is 103 Å². The molecule has 2 aromatic rings. The Kier molecular flexibility index (Phi) is 2.89. The fraction of sp³-hybridized carbons (Fsp3) is 0.467. The van der Waals surface area contributed by atoms with Gasteiger partial charge in [0, 0.05) is 24.3 Å². The number of hydrogen-bond acceptors (Lipinski definition) is 1. The van der Waals surface area contributed by atoms with Crippen LogP contribution in [0.1, 0.15) is 19.3 Å². The minimum Gasteiger partial charge on any atom is -0.346 e. The molecule has 17 heavy (non-hydrogen) atoms. The summed E-state index contributed by atoms with van der Waals surface area (Å²) in [6.07, 6.45) is 6.31. The molecule has 2 nitrogen and oxygen atoms in total. The number of likely N-dealkylation sites (N-methyl/N-ethyl adjacent to an activating group) is 1. The number of hydrogen-bond donors (Lipinski definition) is 0. The van der Waals surface area contributed by atoms with E-state index < -0.39 is 0 Å². The summed E-state index contributed by atoms with van der Waals surface area (Å²) >= 11 is 0. The Balaban J connectivity index is 1.84. The lowest BCUT2D eigenvalue weighted by molar-refractivity contribution is 0.169. The minimum absolute atomic E-state index is 0.708. The molecule has 0 spiro atoms. The third-order valence-electron chi connectivity index (χ3n) is 4.01. The molecule has 1 saturated heterocycles. The van der Waals surface area contributed by atoms with Crippen LogP contribution in [0.3, 0.4) is 0 Å². The van der Waals surface area contributed by atoms with Crippen LogP contribution in [-0.4, -0.2) is 29.1 Å². The number of benzene rings is 1. The summed E-state index contributed by atoms with van der Waals surface area (Å²) in [5.41, 5.74) is 1.37. The first kappa shape index (κ1) is 10.8. The number of aromatic nitrogens is 1. The molecule has 1 aromatic heterocycles. The molecule has 0 N–H and O–H groups in total. The van der Waals surface area contributed by atoms with Crippen molar-refractivity contribution in [3.05, 3.63) is 36.5 Å². The Hall–Kier alpha value is -1.28. The summed E-state index contributed by atoms with van der Waals surface area (Å²) < 4.78 is 2.40. The van der Waals surface area contributed by atoms with Gasteiger partial charge < -0.3 is 9.47 Å². The van der Waals surface area contributed by atoms with E-state index in [4.69, 9.17) is 0 Å². The molecule has 2 heterocycles. The van der Waals surface area contributed by atoms with Gasteiger partial charge in [0.15, 0.2) is 0 Å². The van der Waals surface area contributed by atoms with Crippen LogP contribution >= 0.6 is 0 Å². The molecule has 0 radical (unpaired) electrons. The van der Waals surface area contributed by atoms with Crippen LogP contribution in [0.25, 0.3) is 10.9 Å². The second-order valence-electron chi connectivity index (χ2n) is 5.16. The number of piperidine rings is 1. The van der Waals surface area contributed by atoms with Crippen LogP contribution in [0.2, 0.25) is 0 Å². The van der Waals surface area contributed by atoms with E-state index in [0.717, 1.165) is 6.54 Å². The van der Waals surface area contributed by atoms with E-state index in [1.54, 1.807) is 0 Å². The predicted octanol–water partition coefficient (Wildman–Crippen LogP) is 3.13. The van der Waals surface area contributed by atoms with E-state index in [1.807, 2.05) is 0 Å². The molecule has 0 bridgehead atoms. The summed E-state index contributed by atoms with van der Waals surface area (Å²) in [6, 6.07) is 11.6. The molecular formula is C15H20N2. The fourth-order valence-electron chi connectivity index (χ4n) is 2.90. The van der Waals surface area contributed by atoms with Gasteiger partial charge >= 0.3 is 0 Å². The highest BCUT2D eigenvalue weighted by Gasteiger charge is 2.19. The van der Waals surface area contributed by atoms with Crippen molar-refractivity contribution in [1.82, 2.24) is 9.47 Å². The van der Waals surface area contributed by atoms with Crippen LogP contribution in [0.5, 0.6) is 0 Å². The van der Waals surface area contributed by atoms with Gasteiger partial charge in [-0.3, -0.25) is 0 Å². The van der Waals surface area contributed by atoms with Gasteiger partial charge in [-0.25, -0.2) is 0 Å². The van der Waals surface area contributed by atoms with E-state index in [-0.39, 0.29) is 0 Å². The van der Waals surface area contributed by atoms with Gasteiger partial charge in [-0.2, -0.15) is 0 Å². The standard InChI is InChI=1S/C15H20N2/c1-16-10-5-4-7-14(16)12-17-11-9-13-6-2-3-8-15(13)17/h2-3,6,8-9,11,14H,4-5,7,10,12H2,1H3. The molecular weight excluding hydrogens is 208 g/mol. The maximum absolute atomic E-state index is 2.51. The Morgan fingerprint density at radius 1 is 1.18 bits per heavy atom. The lowest BCUT2D eigenvalue weighted by Crippen LogP contribution is -2.38. The second-order valence-corrected chi connectivity index (χ2v) is 5.16. The molecule has 1 atom stereocenters. The maximum Gasteiger partial charge on any atom is 0.0480 e. The summed E-state index contributed by atoms with van der Waals surface area (Å²) in [6.45, 7) is 2.38. The highest BCUT2D eigenvalue weighted by Crippen LogP contribution is 2.20. The van der Waals surface area contributed by atoms with Crippen molar-refractivity contribution in [3.63, 3.8) is 0 Å². The first-order valence-corrected chi connectivity index (χ1v) is 6.59. The summed E-state index contributed by atoms with van der Waals surface area (Å²) in [7, 11) is 2.26. The van der Waals surface area contributed by atoms with Crippen LogP contribution in [0, 0.1) is 0 Å². The second kappa shape index (κ2) is 4.53. The maximum atomic E-state index is 2.51. The van der Waals surface area contributed by atoms with Crippen LogP contribution in [-0.2, 0) is 6.54 Å². The highest BCUT2D eigenvalue weighted by molar-refractivity contribution is 5.79. The molecule has 0 aliphatic carbocycles. The van der Waals surface area contributed by atoms with Crippen molar-refractivity contribution in [2.24, 2.45) is 0 Å².